The molecular weight excluding hydrogens is 292 g/mol. The van der Waals surface area contributed by atoms with Gasteiger partial charge in [-0.2, -0.15) is 0 Å². The topological polar surface area (TPSA) is 9.23 Å². The molecule has 1 nitrogen and oxygen atoms in total. The molecule has 0 saturated carbocycles. The van der Waals surface area contributed by atoms with Crippen molar-refractivity contribution in [2.75, 3.05) is 0 Å². The Morgan fingerprint density at radius 3 is 2.33 bits per heavy atom. The van der Waals surface area contributed by atoms with Crippen LogP contribution in [-0.4, -0.2) is 0 Å². The van der Waals surface area contributed by atoms with Crippen molar-refractivity contribution in [3.05, 3.63) is 77.9 Å². The first-order chi connectivity index (χ1) is 11.0. The number of rotatable bonds is 4. The van der Waals surface area contributed by atoms with Crippen molar-refractivity contribution in [2.24, 2.45) is 5.41 Å². The first-order valence-corrected chi connectivity index (χ1v) is 8.20. The van der Waals surface area contributed by atoms with Crippen LogP contribution in [-0.2, 0) is 13.0 Å². The molecule has 0 aliphatic carbocycles. The average molecular weight is 320 g/mol. The molecule has 0 aliphatic heterocycles. The Hall–Kier alpha value is -2.28. The summed E-state index contributed by atoms with van der Waals surface area (Å²) in [5, 5.41) is 2.52. The van der Waals surface area contributed by atoms with E-state index in [1.165, 1.54) is 21.9 Å². The molecule has 0 N–H and O–H groups in total. The molecule has 0 radical (unpaired) electrons. The van der Waals surface area contributed by atoms with Gasteiger partial charge in [0.15, 0.2) is 0 Å². The SMILES string of the molecule is C.CC(C)(C)Cc1cccc(OCc2cccc3ccccc23)c1. The molecule has 0 amide bonds. The summed E-state index contributed by atoms with van der Waals surface area (Å²) in [4.78, 5) is 0. The molecule has 0 heterocycles. The lowest BCUT2D eigenvalue weighted by molar-refractivity contribution is 0.307. The number of ether oxygens (including phenoxy) is 1. The summed E-state index contributed by atoms with van der Waals surface area (Å²) in [5.41, 5.74) is 2.84. The molecule has 0 atom stereocenters. The van der Waals surface area contributed by atoms with Gasteiger partial charge < -0.3 is 4.74 Å². The average Bonchev–Trinajstić information content (AvgIpc) is 2.51. The number of hydrogen-bond donors (Lipinski definition) is 0. The van der Waals surface area contributed by atoms with E-state index in [1.807, 2.05) is 6.07 Å². The van der Waals surface area contributed by atoms with Crippen LogP contribution in [0.4, 0.5) is 0 Å². The highest BCUT2D eigenvalue weighted by atomic mass is 16.5. The molecule has 0 saturated heterocycles. The van der Waals surface area contributed by atoms with E-state index in [1.54, 1.807) is 0 Å². The molecule has 0 unspecified atom stereocenters. The lowest BCUT2D eigenvalue weighted by atomic mass is 9.88. The van der Waals surface area contributed by atoms with Crippen LogP contribution < -0.4 is 4.74 Å². The van der Waals surface area contributed by atoms with Crippen molar-refractivity contribution >= 4 is 10.8 Å². The van der Waals surface area contributed by atoms with Crippen LogP contribution in [0.1, 0.15) is 39.3 Å². The second kappa shape index (κ2) is 7.53. The van der Waals surface area contributed by atoms with E-state index in [0.29, 0.717) is 6.61 Å². The third-order valence-corrected chi connectivity index (χ3v) is 3.91. The van der Waals surface area contributed by atoms with Crippen molar-refractivity contribution in [2.45, 2.75) is 41.2 Å². The maximum atomic E-state index is 6.06. The molecule has 3 aromatic carbocycles. The van der Waals surface area contributed by atoms with E-state index in [-0.39, 0.29) is 12.8 Å². The number of benzene rings is 3. The van der Waals surface area contributed by atoms with E-state index in [0.717, 1.165) is 12.2 Å². The van der Waals surface area contributed by atoms with Gasteiger partial charge in [-0.05, 0) is 45.9 Å². The molecule has 0 aliphatic rings. The second-order valence-corrected chi connectivity index (χ2v) is 7.31. The highest BCUT2D eigenvalue weighted by molar-refractivity contribution is 5.85. The van der Waals surface area contributed by atoms with Crippen LogP contribution in [0.2, 0.25) is 0 Å². The predicted molar refractivity (Wildman–Crippen MR) is 105 cm³/mol. The van der Waals surface area contributed by atoms with E-state index in [4.69, 9.17) is 4.74 Å². The largest absolute Gasteiger partial charge is 0.489 e. The lowest BCUT2D eigenvalue weighted by Crippen LogP contribution is -2.09. The lowest BCUT2D eigenvalue weighted by Gasteiger charge is -2.18. The van der Waals surface area contributed by atoms with E-state index < -0.39 is 0 Å². The van der Waals surface area contributed by atoms with Crippen LogP contribution in [0.5, 0.6) is 5.75 Å². The van der Waals surface area contributed by atoms with Gasteiger partial charge in [0.1, 0.15) is 12.4 Å². The van der Waals surface area contributed by atoms with E-state index >= 15 is 0 Å². The van der Waals surface area contributed by atoms with E-state index in [9.17, 15) is 0 Å². The smallest absolute Gasteiger partial charge is 0.120 e. The molecular formula is C23H28O. The first kappa shape index (κ1) is 18.1. The van der Waals surface area contributed by atoms with Crippen LogP contribution in [0.3, 0.4) is 0 Å². The van der Waals surface area contributed by atoms with Gasteiger partial charge in [0, 0.05) is 0 Å². The Bertz CT molecular complexity index is 791. The highest BCUT2D eigenvalue weighted by Gasteiger charge is 2.11. The summed E-state index contributed by atoms with van der Waals surface area (Å²) >= 11 is 0. The molecule has 1 heteroatoms. The Kier molecular flexibility index (Phi) is 5.66. The summed E-state index contributed by atoms with van der Waals surface area (Å²) in [6.07, 6.45) is 1.05. The number of fused-ring (bicyclic) bond motifs is 1. The molecule has 24 heavy (non-hydrogen) atoms. The third kappa shape index (κ3) is 4.61. The minimum atomic E-state index is 0. The van der Waals surface area contributed by atoms with Crippen molar-refractivity contribution in [1.82, 2.24) is 0 Å². The fourth-order valence-electron chi connectivity index (χ4n) is 2.94. The summed E-state index contributed by atoms with van der Waals surface area (Å²) in [7, 11) is 0. The van der Waals surface area contributed by atoms with Crippen molar-refractivity contribution in [3.63, 3.8) is 0 Å². The maximum Gasteiger partial charge on any atom is 0.120 e. The van der Waals surface area contributed by atoms with Gasteiger partial charge in [0.05, 0.1) is 0 Å². The van der Waals surface area contributed by atoms with Crippen molar-refractivity contribution in [3.8, 4) is 5.75 Å². The minimum Gasteiger partial charge on any atom is -0.489 e. The standard InChI is InChI=1S/C22H24O.CH4/c1-22(2,3)15-17-8-6-12-20(14-17)23-16-19-11-7-10-18-9-4-5-13-21(18)19;/h4-14H,15-16H2,1-3H3;1H4. The summed E-state index contributed by atoms with van der Waals surface area (Å²) < 4.78 is 6.06. The van der Waals surface area contributed by atoms with Gasteiger partial charge in [-0.15, -0.1) is 0 Å². The fraction of sp³-hybridized carbons (Fsp3) is 0.304. The van der Waals surface area contributed by atoms with Crippen LogP contribution in [0.15, 0.2) is 66.7 Å². The predicted octanol–water partition coefficient (Wildman–Crippen LogP) is 6.64. The second-order valence-electron chi connectivity index (χ2n) is 7.31. The zero-order chi connectivity index (χ0) is 16.3. The normalized spacial score (nSPS) is 11.1. The van der Waals surface area contributed by atoms with Crippen molar-refractivity contribution in [1.29, 1.82) is 0 Å². The summed E-state index contributed by atoms with van der Waals surface area (Å²) in [6, 6.07) is 23.3. The molecule has 0 spiro atoms. The van der Waals surface area contributed by atoms with Gasteiger partial charge in [0.25, 0.3) is 0 Å². The Labute approximate surface area is 146 Å². The summed E-state index contributed by atoms with van der Waals surface area (Å²) in [6.45, 7) is 7.38. The molecule has 0 fully saturated rings. The minimum absolute atomic E-state index is 0. The van der Waals surface area contributed by atoms with Gasteiger partial charge in [0.2, 0.25) is 0 Å². The zero-order valence-electron chi connectivity index (χ0n) is 14.2. The molecule has 0 aromatic heterocycles. The number of hydrogen-bond acceptors (Lipinski definition) is 1. The van der Waals surface area contributed by atoms with Gasteiger partial charge >= 0.3 is 0 Å². The molecule has 0 bridgehead atoms. The third-order valence-electron chi connectivity index (χ3n) is 3.91. The van der Waals surface area contributed by atoms with Crippen LogP contribution in [0, 0.1) is 5.41 Å². The van der Waals surface area contributed by atoms with Crippen LogP contribution >= 0.6 is 0 Å². The Balaban J connectivity index is 0.00000208. The highest BCUT2D eigenvalue weighted by Crippen LogP contribution is 2.24. The molecule has 126 valence electrons. The van der Waals surface area contributed by atoms with E-state index in [2.05, 4.69) is 81.4 Å². The van der Waals surface area contributed by atoms with Gasteiger partial charge in [-0.3, -0.25) is 0 Å². The van der Waals surface area contributed by atoms with Crippen LogP contribution in [0.25, 0.3) is 10.8 Å². The Morgan fingerprint density at radius 1 is 0.833 bits per heavy atom. The quantitative estimate of drug-likeness (QED) is 0.523. The summed E-state index contributed by atoms with van der Waals surface area (Å²) in [5.74, 6) is 0.944. The van der Waals surface area contributed by atoms with Gasteiger partial charge in [-0.1, -0.05) is 82.8 Å². The maximum absolute atomic E-state index is 6.06. The van der Waals surface area contributed by atoms with Crippen molar-refractivity contribution < 1.29 is 4.74 Å². The monoisotopic (exact) mass is 320 g/mol. The zero-order valence-corrected chi connectivity index (χ0v) is 14.2. The van der Waals surface area contributed by atoms with Gasteiger partial charge in [-0.25, -0.2) is 0 Å². The fourth-order valence-corrected chi connectivity index (χ4v) is 2.94. The Morgan fingerprint density at radius 2 is 1.54 bits per heavy atom. The first-order valence-electron chi connectivity index (χ1n) is 8.20. The molecule has 3 aromatic rings. The molecule has 3 rings (SSSR count).